The molecule has 0 aromatic heterocycles. The molecular weight excluding hydrogens is 210 g/mol. The summed E-state index contributed by atoms with van der Waals surface area (Å²) in [5, 5.41) is 3.37. The van der Waals surface area contributed by atoms with Gasteiger partial charge >= 0.3 is 0 Å². The molecule has 0 radical (unpaired) electrons. The number of hydrogen-bond acceptors (Lipinski definition) is 2. The summed E-state index contributed by atoms with van der Waals surface area (Å²) in [7, 11) is 0. The monoisotopic (exact) mass is 239 g/mol. The lowest BCUT2D eigenvalue weighted by Gasteiger charge is -2.28. The summed E-state index contributed by atoms with van der Waals surface area (Å²) in [4.78, 5) is 0. The van der Waals surface area contributed by atoms with Crippen LogP contribution in [-0.2, 0) is 4.74 Å². The third-order valence-corrected chi connectivity index (χ3v) is 3.60. The van der Waals surface area contributed by atoms with E-state index in [1.165, 1.54) is 32.1 Å². The lowest BCUT2D eigenvalue weighted by atomic mass is 9.85. The van der Waals surface area contributed by atoms with Crippen molar-refractivity contribution in [2.45, 2.75) is 65.0 Å². The molecule has 17 heavy (non-hydrogen) atoms. The van der Waals surface area contributed by atoms with Crippen molar-refractivity contribution in [3.05, 3.63) is 12.2 Å². The molecule has 0 aromatic rings. The third-order valence-electron chi connectivity index (χ3n) is 3.60. The Bertz CT molecular complexity index is 225. The van der Waals surface area contributed by atoms with E-state index in [-0.39, 0.29) is 0 Å². The fourth-order valence-corrected chi connectivity index (χ4v) is 2.40. The number of ether oxygens (including phenoxy) is 1. The van der Waals surface area contributed by atoms with Gasteiger partial charge in [0.1, 0.15) is 0 Å². The van der Waals surface area contributed by atoms with Gasteiger partial charge in [0.15, 0.2) is 0 Å². The van der Waals surface area contributed by atoms with E-state index in [0.29, 0.717) is 12.1 Å². The van der Waals surface area contributed by atoms with Crippen molar-refractivity contribution in [3.63, 3.8) is 0 Å². The van der Waals surface area contributed by atoms with Gasteiger partial charge in [-0.2, -0.15) is 0 Å². The van der Waals surface area contributed by atoms with E-state index in [4.69, 9.17) is 4.74 Å². The van der Waals surface area contributed by atoms with Crippen LogP contribution in [0.25, 0.3) is 0 Å². The quantitative estimate of drug-likeness (QED) is 0.686. The summed E-state index contributed by atoms with van der Waals surface area (Å²) in [6, 6.07) is 0.519. The molecule has 2 nitrogen and oxygen atoms in total. The smallest absolute Gasteiger partial charge is 0.0690 e. The molecule has 2 unspecified atom stereocenters. The van der Waals surface area contributed by atoms with Crippen molar-refractivity contribution in [2.75, 3.05) is 13.2 Å². The van der Waals surface area contributed by atoms with Gasteiger partial charge in [0.05, 0.1) is 12.7 Å². The van der Waals surface area contributed by atoms with E-state index >= 15 is 0 Å². The van der Waals surface area contributed by atoms with Gasteiger partial charge in [-0.3, -0.25) is 0 Å². The summed E-state index contributed by atoms with van der Waals surface area (Å²) < 4.78 is 5.97. The maximum Gasteiger partial charge on any atom is 0.0690 e. The lowest BCUT2D eigenvalue weighted by Crippen LogP contribution is -2.28. The average molecular weight is 239 g/mol. The molecule has 1 aliphatic rings. The predicted octanol–water partition coefficient (Wildman–Crippen LogP) is 3.53. The Morgan fingerprint density at radius 1 is 1.41 bits per heavy atom. The van der Waals surface area contributed by atoms with E-state index < -0.39 is 0 Å². The fourth-order valence-electron chi connectivity index (χ4n) is 2.40. The minimum atomic E-state index is 0.476. The molecule has 1 N–H and O–H groups in total. The second-order valence-electron chi connectivity index (χ2n) is 5.66. The fraction of sp³-hybridized carbons (Fsp3) is 0.867. The van der Waals surface area contributed by atoms with Crippen molar-refractivity contribution >= 4 is 0 Å². The van der Waals surface area contributed by atoms with E-state index in [0.717, 1.165) is 24.6 Å². The van der Waals surface area contributed by atoms with Crippen LogP contribution in [0, 0.1) is 5.92 Å². The molecule has 1 aliphatic carbocycles. The van der Waals surface area contributed by atoms with E-state index in [1.807, 2.05) is 0 Å². The van der Waals surface area contributed by atoms with Crippen LogP contribution in [0.5, 0.6) is 0 Å². The minimum Gasteiger partial charge on any atom is -0.374 e. The molecule has 0 saturated heterocycles. The van der Waals surface area contributed by atoms with Crippen LogP contribution < -0.4 is 5.32 Å². The predicted molar refractivity (Wildman–Crippen MR) is 74.3 cm³/mol. The summed E-state index contributed by atoms with van der Waals surface area (Å²) in [6.07, 6.45) is 6.99. The zero-order valence-electron chi connectivity index (χ0n) is 11.8. The van der Waals surface area contributed by atoms with Gasteiger partial charge in [-0.25, -0.2) is 0 Å². The Morgan fingerprint density at radius 3 is 2.82 bits per heavy atom. The molecule has 0 heterocycles. The normalized spacial score (nSPS) is 25.2. The SMILES string of the molecule is C=C(CNC(C)C)COC1CCCC(CC)C1. The first-order chi connectivity index (χ1) is 8.11. The molecule has 0 aromatic carbocycles. The molecule has 0 bridgehead atoms. The average Bonchev–Trinajstić information content (AvgIpc) is 2.34. The standard InChI is InChI=1S/C15H29NO/c1-5-14-7-6-8-15(9-14)17-11-13(4)10-16-12(2)3/h12,14-16H,4-11H2,1-3H3. The summed E-state index contributed by atoms with van der Waals surface area (Å²) >= 11 is 0. The van der Waals surface area contributed by atoms with E-state index in [1.54, 1.807) is 0 Å². The first-order valence-electron chi connectivity index (χ1n) is 7.13. The van der Waals surface area contributed by atoms with Crippen LogP contribution >= 0.6 is 0 Å². The molecule has 1 rings (SSSR count). The molecule has 0 amide bonds. The van der Waals surface area contributed by atoms with E-state index in [2.05, 4.69) is 32.7 Å². The van der Waals surface area contributed by atoms with Crippen molar-refractivity contribution in [1.82, 2.24) is 5.32 Å². The van der Waals surface area contributed by atoms with Gasteiger partial charge in [-0.05, 0) is 24.3 Å². The molecule has 0 spiro atoms. The van der Waals surface area contributed by atoms with E-state index in [9.17, 15) is 0 Å². The number of rotatable bonds is 7. The van der Waals surface area contributed by atoms with Gasteiger partial charge in [0.2, 0.25) is 0 Å². The van der Waals surface area contributed by atoms with Crippen molar-refractivity contribution in [1.29, 1.82) is 0 Å². The minimum absolute atomic E-state index is 0.476. The molecular formula is C15H29NO. The maximum absolute atomic E-state index is 5.97. The Morgan fingerprint density at radius 2 is 2.18 bits per heavy atom. The Hall–Kier alpha value is -0.340. The van der Waals surface area contributed by atoms with Gasteiger partial charge in [0.25, 0.3) is 0 Å². The summed E-state index contributed by atoms with van der Waals surface area (Å²) in [5.41, 5.74) is 1.16. The van der Waals surface area contributed by atoms with Gasteiger partial charge in [-0.1, -0.05) is 46.6 Å². The van der Waals surface area contributed by atoms with Gasteiger partial charge in [0, 0.05) is 12.6 Å². The first-order valence-corrected chi connectivity index (χ1v) is 7.13. The Kier molecular flexibility index (Phi) is 6.83. The zero-order chi connectivity index (χ0) is 12.7. The maximum atomic E-state index is 5.97. The number of nitrogens with one attached hydrogen (secondary N) is 1. The highest BCUT2D eigenvalue weighted by atomic mass is 16.5. The molecule has 0 aliphatic heterocycles. The van der Waals surface area contributed by atoms with Gasteiger partial charge < -0.3 is 10.1 Å². The second-order valence-corrected chi connectivity index (χ2v) is 5.66. The van der Waals surface area contributed by atoms with Crippen molar-refractivity contribution < 1.29 is 4.74 Å². The third kappa shape index (κ3) is 6.23. The van der Waals surface area contributed by atoms with Crippen LogP contribution in [0.4, 0.5) is 0 Å². The lowest BCUT2D eigenvalue weighted by molar-refractivity contribution is 0.0246. The number of hydrogen-bond donors (Lipinski definition) is 1. The van der Waals surface area contributed by atoms with Crippen LogP contribution in [0.2, 0.25) is 0 Å². The highest BCUT2D eigenvalue weighted by Crippen LogP contribution is 2.28. The molecule has 2 atom stereocenters. The highest BCUT2D eigenvalue weighted by molar-refractivity contribution is 4.97. The van der Waals surface area contributed by atoms with Gasteiger partial charge in [-0.15, -0.1) is 0 Å². The Labute approximate surface area is 107 Å². The largest absolute Gasteiger partial charge is 0.374 e. The molecule has 1 saturated carbocycles. The molecule has 1 fully saturated rings. The molecule has 100 valence electrons. The second kappa shape index (κ2) is 7.88. The summed E-state index contributed by atoms with van der Waals surface area (Å²) in [6.45, 7) is 12.3. The highest BCUT2D eigenvalue weighted by Gasteiger charge is 2.21. The van der Waals surface area contributed by atoms with Crippen molar-refractivity contribution in [3.8, 4) is 0 Å². The Balaban J connectivity index is 2.14. The zero-order valence-corrected chi connectivity index (χ0v) is 11.8. The van der Waals surface area contributed by atoms with Crippen LogP contribution in [0.15, 0.2) is 12.2 Å². The van der Waals surface area contributed by atoms with Crippen molar-refractivity contribution in [2.24, 2.45) is 5.92 Å². The summed E-state index contributed by atoms with van der Waals surface area (Å²) in [5.74, 6) is 0.885. The van der Waals surface area contributed by atoms with Crippen LogP contribution in [-0.4, -0.2) is 25.3 Å². The molecule has 2 heteroatoms. The first kappa shape index (κ1) is 14.7. The van der Waals surface area contributed by atoms with Crippen LogP contribution in [0.1, 0.15) is 52.9 Å². The van der Waals surface area contributed by atoms with Crippen LogP contribution in [0.3, 0.4) is 0 Å². The topological polar surface area (TPSA) is 21.3 Å².